The highest BCUT2D eigenvalue weighted by Gasteiger charge is 2.39. The Kier molecular flexibility index (Phi) is 7.96. The number of halogens is 4. The van der Waals surface area contributed by atoms with Crippen LogP contribution in [-0.4, -0.2) is 75.5 Å². The summed E-state index contributed by atoms with van der Waals surface area (Å²) < 4.78 is 82.8. The van der Waals surface area contributed by atoms with Crippen molar-refractivity contribution in [3.63, 3.8) is 0 Å². The summed E-state index contributed by atoms with van der Waals surface area (Å²) in [6.07, 6.45) is 1.77. The molecule has 2 saturated heterocycles. The van der Waals surface area contributed by atoms with Crippen molar-refractivity contribution < 1.29 is 26.0 Å². The first-order chi connectivity index (χ1) is 18.0. The van der Waals surface area contributed by atoms with Gasteiger partial charge in [-0.1, -0.05) is 19.3 Å². The average molecular weight is 575 g/mol. The monoisotopic (exact) mass is 574 g/mol. The van der Waals surface area contributed by atoms with Crippen molar-refractivity contribution in [2.24, 2.45) is 0 Å². The lowest BCUT2D eigenvalue weighted by Crippen LogP contribution is -2.54. The number of nitrogens with zero attached hydrogens (tertiary/aromatic N) is 4. The lowest BCUT2D eigenvalue weighted by molar-refractivity contribution is -0.137. The molecule has 1 aliphatic carbocycles. The molecule has 0 radical (unpaired) electrons. The summed E-state index contributed by atoms with van der Waals surface area (Å²) in [6, 6.07) is 6.24. The summed E-state index contributed by atoms with van der Waals surface area (Å²) in [5.41, 5.74) is -1.18. The summed E-state index contributed by atoms with van der Waals surface area (Å²) >= 11 is 1.26. The molecular formula is C26H34F4N4O2S2. The van der Waals surface area contributed by atoms with Crippen molar-refractivity contribution in [3.05, 3.63) is 41.7 Å². The van der Waals surface area contributed by atoms with E-state index in [1.807, 2.05) is 6.07 Å². The SMILES string of the molecule is C[C@@H]1CN(c2ccc(F)cc2C(F)(F)F)CCN1S(=O)(=O)c1ccc(N2CCN(C3CCCCC3)CC2)s1. The second-order valence-electron chi connectivity index (χ2n) is 10.5. The van der Waals surface area contributed by atoms with E-state index in [0.29, 0.717) is 12.1 Å². The number of rotatable bonds is 5. The highest BCUT2D eigenvalue weighted by molar-refractivity contribution is 7.91. The van der Waals surface area contributed by atoms with E-state index in [-0.39, 0.29) is 29.5 Å². The van der Waals surface area contributed by atoms with E-state index in [2.05, 4.69) is 9.80 Å². The maximum Gasteiger partial charge on any atom is 0.418 e. The minimum atomic E-state index is -4.71. The zero-order valence-electron chi connectivity index (χ0n) is 21.5. The molecule has 0 spiro atoms. The molecule has 12 heteroatoms. The van der Waals surface area contributed by atoms with Crippen molar-refractivity contribution in [2.45, 2.75) is 61.5 Å². The molecule has 1 atom stereocenters. The molecule has 1 aromatic heterocycles. The molecule has 3 heterocycles. The van der Waals surface area contributed by atoms with Gasteiger partial charge in [0.05, 0.1) is 10.6 Å². The fourth-order valence-electron chi connectivity index (χ4n) is 6.02. The molecular weight excluding hydrogens is 540 g/mol. The van der Waals surface area contributed by atoms with Crippen LogP contribution in [0.25, 0.3) is 0 Å². The predicted molar refractivity (Wildman–Crippen MR) is 142 cm³/mol. The normalized spacial score (nSPS) is 23.2. The van der Waals surface area contributed by atoms with Gasteiger partial charge >= 0.3 is 6.18 Å². The van der Waals surface area contributed by atoms with Crippen LogP contribution in [0.4, 0.5) is 28.3 Å². The number of sulfonamides is 1. The smallest absolute Gasteiger partial charge is 0.368 e. The molecule has 0 unspecified atom stereocenters. The van der Waals surface area contributed by atoms with Gasteiger partial charge in [-0.25, -0.2) is 12.8 Å². The number of benzene rings is 1. The van der Waals surface area contributed by atoms with Crippen LogP contribution in [0.15, 0.2) is 34.5 Å². The third-order valence-electron chi connectivity index (χ3n) is 8.02. The molecule has 210 valence electrons. The Morgan fingerprint density at radius 3 is 2.24 bits per heavy atom. The third kappa shape index (κ3) is 5.68. The molecule has 2 aromatic rings. The summed E-state index contributed by atoms with van der Waals surface area (Å²) in [4.78, 5) is 6.32. The van der Waals surface area contributed by atoms with Crippen molar-refractivity contribution in [1.82, 2.24) is 9.21 Å². The number of alkyl halides is 3. The summed E-state index contributed by atoms with van der Waals surface area (Å²) in [5, 5.41) is 0.930. The zero-order valence-corrected chi connectivity index (χ0v) is 23.1. The minimum absolute atomic E-state index is 0.0471. The topological polar surface area (TPSA) is 47.1 Å². The van der Waals surface area contributed by atoms with Crippen LogP contribution >= 0.6 is 11.3 Å². The number of anilines is 2. The van der Waals surface area contributed by atoms with Gasteiger partial charge in [0.2, 0.25) is 0 Å². The second-order valence-corrected chi connectivity index (χ2v) is 13.7. The molecule has 6 nitrogen and oxygen atoms in total. The van der Waals surface area contributed by atoms with Crippen LogP contribution in [-0.2, 0) is 16.2 Å². The van der Waals surface area contributed by atoms with Crippen molar-refractivity contribution in [2.75, 3.05) is 55.6 Å². The van der Waals surface area contributed by atoms with Gasteiger partial charge in [0, 0.05) is 63.6 Å². The molecule has 5 rings (SSSR count). The van der Waals surface area contributed by atoms with Crippen molar-refractivity contribution in [1.29, 1.82) is 0 Å². The summed E-state index contributed by atoms with van der Waals surface area (Å²) in [6.45, 7) is 5.59. The van der Waals surface area contributed by atoms with Crippen LogP contribution in [0.5, 0.6) is 0 Å². The molecule has 2 aliphatic heterocycles. The van der Waals surface area contributed by atoms with E-state index in [4.69, 9.17) is 0 Å². The maximum absolute atomic E-state index is 13.6. The summed E-state index contributed by atoms with van der Waals surface area (Å²) in [7, 11) is -3.80. The Hall–Kier alpha value is -1.89. The quantitative estimate of drug-likeness (QED) is 0.456. The van der Waals surface area contributed by atoms with Crippen LogP contribution < -0.4 is 9.80 Å². The Morgan fingerprint density at radius 1 is 0.895 bits per heavy atom. The van der Waals surface area contributed by atoms with Crippen LogP contribution in [0.3, 0.4) is 0 Å². The molecule has 0 amide bonds. The van der Waals surface area contributed by atoms with Gasteiger partial charge in [0.25, 0.3) is 10.0 Å². The molecule has 0 N–H and O–H groups in total. The van der Waals surface area contributed by atoms with Gasteiger partial charge in [-0.2, -0.15) is 17.5 Å². The first-order valence-corrected chi connectivity index (χ1v) is 15.5. The van der Waals surface area contributed by atoms with Crippen molar-refractivity contribution in [3.8, 4) is 0 Å². The van der Waals surface area contributed by atoms with Gasteiger partial charge < -0.3 is 9.80 Å². The van der Waals surface area contributed by atoms with Gasteiger partial charge in [-0.05, 0) is 50.1 Å². The van der Waals surface area contributed by atoms with E-state index in [1.54, 1.807) is 13.0 Å². The number of hydrogen-bond acceptors (Lipinski definition) is 6. The minimum Gasteiger partial charge on any atom is -0.368 e. The van der Waals surface area contributed by atoms with Crippen LogP contribution in [0.1, 0.15) is 44.6 Å². The standard InChI is InChI=1S/C26H34F4N4O2S2/c1-19-18-33(23-8-7-20(27)17-22(23)26(28,29)30)15-16-34(19)38(35,36)25-10-9-24(37-25)32-13-11-31(12-14-32)21-5-3-2-4-6-21/h7-10,17,19,21H,2-6,11-16,18H2,1H3/t19-/m1/s1. The number of hydrogen-bond donors (Lipinski definition) is 0. The average Bonchev–Trinajstić information content (AvgIpc) is 3.40. The van der Waals surface area contributed by atoms with E-state index in [1.165, 1.54) is 52.6 Å². The first kappa shape index (κ1) is 27.7. The Morgan fingerprint density at radius 2 is 1.58 bits per heavy atom. The summed E-state index contributed by atoms with van der Waals surface area (Å²) in [5.74, 6) is -0.959. The maximum atomic E-state index is 13.6. The number of thiophene rings is 1. The highest BCUT2D eigenvalue weighted by atomic mass is 32.2. The van der Waals surface area contributed by atoms with E-state index in [9.17, 15) is 26.0 Å². The van der Waals surface area contributed by atoms with E-state index in [0.717, 1.165) is 43.3 Å². The van der Waals surface area contributed by atoms with Gasteiger partial charge in [-0.3, -0.25) is 4.90 Å². The largest absolute Gasteiger partial charge is 0.418 e. The first-order valence-electron chi connectivity index (χ1n) is 13.3. The second kappa shape index (κ2) is 10.9. The lowest BCUT2D eigenvalue weighted by Gasteiger charge is -2.41. The van der Waals surface area contributed by atoms with E-state index < -0.39 is 33.6 Å². The molecule has 3 aliphatic rings. The molecule has 0 bridgehead atoms. The van der Waals surface area contributed by atoms with E-state index >= 15 is 0 Å². The van der Waals surface area contributed by atoms with Gasteiger partial charge in [0.15, 0.2) is 0 Å². The van der Waals surface area contributed by atoms with Gasteiger partial charge in [0.1, 0.15) is 10.0 Å². The Bertz CT molecular complexity index is 1220. The van der Waals surface area contributed by atoms with Crippen LogP contribution in [0, 0.1) is 5.82 Å². The number of piperazine rings is 2. The molecule has 38 heavy (non-hydrogen) atoms. The highest BCUT2D eigenvalue weighted by Crippen LogP contribution is 2.39. The van der Waals surface area contributed by atoms with Crippen molar-refractivity contribution >= 4 is 32.0 Å². The van der Waals surface area contributed by atoms with Crippen LogP contribution in [0.2, 0.25) is 0 Å². The molecule has 1 saturated carbocycles. The predicted octanol–water partition coefficient (Wildman–Crippen LogP) is 5.26. The zero-order chi connectivity index (χ0) is 27.1. The Balaban J connectivity index is 1.24. The third-order valence-corrected chi connectivity index (χ3v) is 11.6. The Labute approximate surface area is 225 Å². The lowest BCUT2D eigenvalue weighted by atomic mass is 9.94. The molecule has 3 fully saturated rings. The fraction of sp³-hybridized carbons (Fsp3) is 0.615. The molecule has 1 aromatic carbocycles. The van der Waals surface area contributed by atoms with Gasteiger partial charge in [-0.15, -0.1) is 11.3 Å². The fourth-order valence-corrected chi connectivity index (χ4v) is 9.10.